The maximum atomic E-state index is 14.5. The molecular weight excluding hydrogens is 638 g/mol. The molecule has 0 aliphatic carbocycles. The molecule has 0 aromatic heterocycles. The van der Waals surface area contributed by atoms with Gasteiger partial charge in [0.05, 0.1) is 10.6 Å². The minimum Gasteiger partial charge on any atom is -0.352 e. The molecule has 0 aliphatic heterocycles. The number of nitrogens with zero attached hydrogens (tertiary/aromatic N) is 2. The summed E-state index contributed by atoms with van der Waals surface area (Å²) in [6.07, 6.45) is 2.87. The monoisotopic (exact) mass is 677 g/mol. The molecular formula is C36H40ClN3O4S2. The minimum absolute atomic E-state index is 0.0678. The summed E-state index contributed by atoms with van der Waals surface area (Å²) in [6, 6.07) is 29.1. The van der Waals surface area contributed by atoms with Crippen LogP contribution in [0.5, 0.6) is 0 Å². The molecule has 0 bridgehead atoms. The van der Waals surface area contributed by atoms with E-state index in [1.165, 1.54) is 16.7 Å². The zero-order chi connectivity index (χ0) is 33.3. The summed E-state index contributed by atoms with van der Waals surface area (Å²) in [7, 11) is -4.17. The average Bonchev–Trinajstić information content (AvgIpc) is 3.06. The average molecular weight is 678 g/mol. The molecule has 0 saturated carbocycles. The van der Waals surface area contributed by atoms with Crippen molar-refractivity contribution in [1.82, 2.24) is 10.2 Å². The molecule has 10 heteroatoms. The van der Waals surface area contributed by atoms with Gasteiger partial charge in [0.25, 0.3) is 10.0 Å². The van der Waals surface area contributed by atoms with Crippen LogP contribution in [0.2, 0.25) is 5.02 Å². The van der Waals surface area contributed by atoms with E-state index in [4.69, 9.17) is 11.6 Å². The first kappa shape index (κ1) is 35.1. The molecule has 2 amide bonds. The van der Waals surface area contributed by atoms with Crippen LogP contribution in [0.4, 0.5) is 5.69 Å². The molecule has 0 unspecified atom stereocenters. The number of anilines is 1. The lowest BCUT2D eigenvalue weighted by Crippen LogP contribution is -2.54. The van der Waals surface area contributed by atoms with E-state index in [1.54, 1.807) is 60.7 Å². The highest BCUT2D eigenvalue weighted by molar-refractivity contribution is 7.98. The van der Waals surface area contributed by atoms with Gasteiger partial charge in [0.1, 0.15) is 12.6 Å². The first-order chi connectivity index (χ1) is 22.0. The van der Waals surface area contributed by atoms with Gasteiger partial charge in [-0.1, -0.05) is 78.7 Å². The highest BCUT2D eigenvalue weighted by atomic mass is 35.5. The van der Waals surface area contributed by atoms with Gasteiger partial charge in [-0.3, -0.25) is 13.9 Å². The number of thioether (sulfide) groups is 1. The normalized spacial score (nSPS) is 12.6. The standard InChI is InChI=1S/C36H40ClN3O4S2/c1-5-27(3)38-36(42)34(23-28-9-7-6-8-10-28)39(24-29-13-15-30(37)16-14-29)35(41)25-40(31-17-11-26(2)12-18-31)46(43,44)33-21-19-32(45-4)20-22-33/h6-22,27,34H,5,23-25H2,1-4H3,(H,38,42)/t27-,34+/m1/s1. The van der Waals surface area contributed by atoms with E-state index in [9.17, 15) is 18.0 Å². The number of hydrogen-bond acceptors (Lipinski definition) is 5. The molecule has 1 N–H and O–H groups in total. The molecule has 46 heavy (non-hydrogen) atoms. The van der Waals surface area contributed by atoms with Crippen LogP contribution in [-0.4, -0.2) is 50.0 Å². The van der Waals surface area contributed by atoms with Gasteiger partial charge in [-0.2, -0.15) is 0 Å². The summed E-state index contributed by atoms with van der Waals surface area (Å²) in [5.41, 5.74) is 2.93. The van der Waals surface area contributed by atoms with E-state index in [2.05, 4.69) is 5.32 Å². The van der Waals surface area contributed by atoms with E-state index < -0.39 is 28.5 Å². The van der Waals surface area contributed by atoms with Crippen molar-refractivity contribution in [1.29, 1.82) is 0 Å². The van der Waals surface area contributed by atoms with E-state index in [0.717, 1.165) is 25.9 Å². The summed E-state index contributed by atoms with van der Waals surface area (Å²) in [5.74, 6) is -0.821. The second-order valence-electron chi connectivity index (χ2n) is 11.2. The molecule has 0 spiro atoms. The lowest BCUT2D eigenvalue weighted by molar-refractivity contribution is -0.140. The molecule has 4 aromatic carbocycles. The molecule has 2 atom stereocenters. The number of hydrogen-bond donors (Lipinski definition) is 1. The van der Waals surface area contributed by atoms with E-state index >= 15 is 0 Å². The summed E-state index contributed by atoms with van der Waals surface area (Å²) in [4.78, 5) is 30.9. The predicted molar refractivity (Wildman–Crippen MR) is 188 cm³/mol. The first-order valence-corrected chi connectivity index (χ1v) is 18.2. The van der Waals surface area contributed by atoms with E-state index in [1.807, 2.05) is 69.5 Å². The summed E-state index contributed by atoms with van der Waals surface area (Å²) >= 11 is 7.67. The topological polar surface area (TPSA) is 86.8 Å². The Labute approximate surface area is 282 Å². The molecule has 0 aliphatic rings. The molecule has 0 radical (unpaired) electrons. The van der Waals surface area contributed by atoms with Crippen LogP contribution in [0.1, 0.15) is 37.0 Å². The largest absolute Gasteiger partial charge is 0.352 e. The quantitative estimate of drug-likeness (QED) is 0.144. The van der Waals surface area contributed by atoms with Crippen molar-refractivity contribution in [3.05, 3.63) is 125 Å². The van der Waals surface area contributed by atoms with Gasteiger partial charge >= 0.3 is 0 Å². The van der Waals surface area contributed by atoms with Crippen molar-refractivity contribution in [3.8, 4) is 0 Å². The number of nitrogens with one attached hydrogen (secondary N) is 1. The lowest BCUT2D eigenvalue weighted by atomic mass is 10.0. The fourth-order valence-corrected chi connectivity index (χ4v) is 6.84. The van der Waals surface area contributed by atoms with Gasteiger partial charge in [0, 0.05) is 28.9 Å². The first-order valence-electron chi connectivity index (χ1n) is 15.1. The van der Waals surface area contributed by atoms with Crippen LogP contribution < -0.4 is 9.62 Å². The number of carbonyl (C=O) groups excluding carboxylic acids is 2. The van der Waals surface area contributed by atoms with Gasteiger partial charge in [-0.25, -0.2) is 8.42 Å². The summed E-state index contributed by atoms with van der Waals surface area (Å²) < 4.78 is 29.5. The van der Waals surface area contributed by atoms with Crippen LogP contribution >= 0.6 is 23.4 Å². The number of aryl methyl sites for hydroxylation is 1. The second-order valence-corrected chi connectivity index (χ2v) is 14.4. The molecule has 0 saturated heterocycles. The Bertz CT molecular complexity index is 1700. The van der Waals surface area contributed by atoms with Crippen LogP contribution in [0.25, 0.3) is 0 Å². The van der Waals surface area contributed by atoms with Crippen molar-refractivity contribution >= 4 is 50.9 Å². The molecule has 0 heterocycles. The fourth-order valence-electron chi connectivity index (χ4n) is 4.90. The maximum Gasteiger partial charge on any atom is 0.264 e. The minimum atomic E-state index is -4.17. The third kappa shape index (κ3) is 9.15. The number of sulfonamides is 1. The number of rotatable bonds is 14. The van der Waals surface area contributed by atoms with Gasteiger partial charge in [-0.05, 0) is 86.2 Å². The molecule has 4 aromatic rings. The van der Waals surface area contributed by atoms with Crippen molar-refractivity contribution in [3.63, 3.8) is 0 Å². The third-order valence-electron chi connectivity index (χ3n) is 7.79. The highest BCUT2D eigenvalue weighted by Crippen LogP contribution is 2.27. The number of benzene rings is 4. The summed E-state index contributed by atoms with van der Waals surface area (Å²) in [6.45, 7) is 5.37. The molecule has 4 rings (SSSR count). The van der Waals surface area contributed by atoms with Crippen LogP contribution in [0, 0.1) is 6.92 Å². The molecule has 7 nitrogen and oxygen atoms in total. The number of carbonyl (C=O) groups is 2. The maximum absolute atomic E-state index is 14.5. The Morgan fingerprint density at radius 1 is 0.870 bits per heavy atom. The Balaban J connectivity index is 1.80. The van der Waals surface area contributed by atoms with Crippen molar-refractivity contribution < 1.29 is 18.0 Å². The molecule has 242 valence electrons. The SMILES string of the molecule is CC[C@@H](C)NC(=O)[C@H](Cc1ccccc1)N(Cc1ccc(Cl)cc1)C(=O)CN(c1ccc(C)cc1)S(=O)(=O)c1ccc(SC)cc1. The van der Waals surface area contributed by atoms with Gasteiger partial charge in [-0.15, -0.1) is 11.8 Å². The Kier molecular flexibility index (Phi) is 12.3. The second kappa shape index (κ2) is 16.2. The van der Waals surface area contributed by atoms with Gasteiger partial charge < -0.3 is 10.2 Å². The van der Waals surface area contributed by atoms with Crippen LogP contribution in [0.3, 0.4) is 0 Å². The van der Waals surface area contributed by atoms with E-state index in [0.29, 0.717) is 17.1 Å². The fraction of sp³-hybridized carbons (Fsp3) is 0.278. The third-order valence-corrected chi connectivity index (χ3v) is 10.6. The van der Waals surface area contributed by atoms with E-state index in [-0.39, 0.29) is 29.8 Å². The smallest absolute Gasteiger partial charge is 0.264 e. The zero-order valence-electron chi connectivity index (χ0n) is 26.5. The van der Waals surface area contributed by atoms with Crippen LogP contribution in [0.15, 0.2) is 113 Å². The van der Waals surface area contributed by atoms with Crippen molar-refractivity contribution in [2.24, 2.45) is 0 Å². The van der Waals surface area contributed by atoms with Crippen LogP contribution in [-0.2, 0) is 32.6 Å². The number of amides is 2. The zero-order valence-corrected chi connectivity index (χ0v) is 28.9. The van der Waals surface area contributed by atoms with Crippen molar-refractivity contribution in [2.45, 2.75) is 62.0 Å². The van der Waals surface area contributed by atoms with Gasteiger partial charge in [0.2, 0.25) is 11.8 Å². The Morgan fingerprint density at radius 3 is 2.09 bits per heavy atom. The predicted octanol–water partition coefficient (Wildman–Crippen LogP) is 7.12. The molecule has 0 fully saturated rings. The lowest BCUT2D eigenvalue weighted by Gasteiger charge is -2.34. The van der Waals surface area contributed by atoms with Gasteiger partial charge in [0.15, 0.2) is 0 Å². The Hall–Kier alpha value is -3.79. The highest BCUT2D eigenvalue weighted by Gasteiger charge is 2.35. The Morgan fingerprint density at radius 2 is 1.50 bits per heavy atom. The number of halogens is 1. The van der Waals surface area contributed by atoms with Crippen molar-refractivity contribution in [2.75, 3.05) is 17.1 Å². The summed E-state index contributed by atoms with van der Waals surface area (Å²) in [5, 5.41) is 3.59.